The molecule has 0 amide bonds. The maximum absolute atomic E-state index is 10.1. The summed E-state index contributed by atoms with van der Waals surface area (Å²) in [6.07, 6.45) is 2.20. The minimum atomic E-state index is -0.425. The van der Waals surface area contributed by atoms with E-state index >= 15 is 0 Å². The number of hydrogen-bond acceptors (Lipinski definition) is 4. The summed E-state index contributed by atoms with van der Waals surface area (Å²) in [6, 6.07) is 8.76. The van der Waals surface area contributed by atoms with Crippen molar-refractivity contribution in [1.29, 1.82) is 0 Å². The third-order valence-electron chi connectivity index (χ3n) is 3.68. The Bertz CT molecular complexity index is 415. The smallest absolute Gasteiger partial charge is 0.118 e. The Hall–Kier alpha value is -1.10. The second kappa shape index (κ2) is 7.78. The molecule has 4 heteroatoms. The fourth-order valence-corrected chi connectivity index (χ4v) is 2.37. The number of methoxy groups -OCH3 is 1. The highest BCUT2D eigenvalue weighted by Crippen LogP contribution is 2.28. The zero-order chi connectivity index (χ0) is 15.2. The minimum Gasteiger partial charge on any atom is -0.497 e. The van der Waals surface area contributed by atoms with E-state index in [9.17, 15) is 5.11 Å². The van der Waals surface area contributed by atoms with Crippen LogP contribution in [-0.4, -0.2) is 48.5 Å². The van der Waals surface area contributed by atoms with Gasteiger partial charge < -0.3 is 14.6 Å². The molecule has 118 valence electrons. The van der Waals surface area contributed by atoms with Gasteiger partial charge in [0.15, 0.2) is 0 Å². The van der Waals surface area contributed by atoms with E-state index in [1.54, 1.807) is 7.11 Å². The van der Waals surface area contributed by atoms with Gasteiger partial charge in [-0.25, -0.2) is 0 Å². The largest absolute Gasteiger partial charge is 0.497 e. The first-order valence-corrected chi connectivity index (χ1v) is 7.75. The molecule has 1 aliphatic rings. The number of hydrogen-bond donors (Lipinski definition) is 1. The molecule has 0 aliphatic heterocycles. The zero-order valence-electron chi connectivity index (χ0n) is 13.3. The molecule has 1 saturated carbocycles. The van der Waals surface area contributed by atoms with Crippen molar-refractivity contribution in [2.45, 2.75) is 51.5 Å². The molecule has 1 aromatic carbocycles. The average Bonchev–Trinajstić information content (AvgIpc) is 3.30. The number of aliphatic hydroxyl groups excluding tert-OH is 1. The topological polar surface area (TPSA) is 41.9 Å². The maximum atomic E-state index is 10.1. The highest BCUT2D eigenvalue weighted by Gasteiger charge is 2.30. The van der Waals surface area contributed by atoms with Gasteiger partial charge in [0.2, 0.25) is 0 Å². The van der Waals surface area contributed by atoms with Gasteiger partial charge in [0.25, 0.3) is 0 Å². The third kappa shape index (κ3) is 5.65. The summed E-state index contributed by atoms with van der Waals surface area (Å²) in [5.74, 6) is 0.877. The molecule has 21 heavy (non-hydrogen) atoms. The lowest BCUT2D eigenvalue weighted by atomic mass is 10.2. The number of nitrogens with zero attached hydrogens (tertiary/aromatic N) is 1. The molecular weight excluding hydrogens is 266 g/mol. The van der Waals surface area contributed by atoms with Crippen LogP contribution >= 0.6 is 0 Å². The summed E-state index contributed by atoms with van der Waals surface area (Å²) in [5, 5.41) is 10.1. The molecule has 4 nitrogen and oxygen atoms in total. The second-order valence-electron chi connectivity index (χ2n) is 6.04. The van der Waals surface area contributed by atoms with E-state index in [1.165, 1.54) is 18.4 Å². The zero-order valence-corrected chi connectivity index (χ0v) is 13.3. The van der Waals surface area contributed by atoms with Crippen LogP contribution < -0.4 is 4.74 Å². The highest BCUT2D eigenvalue weighted by atomic mass is 16.5. The van der Waals surface area contributed by atoms with Crippen LogP contribution in [0.5, 0.6) is 5.75 Å². The first-order chi connectivity index (χ1) is 10.1. The van der Waals surface area contributed by atoms with E-state index in [2.05, 4.69) is 17.0 Å². The van der Waals surface area contributed by atoms with E-state index in [4.69, 9.17) is 9.47 Å². The fourth-order valence-electron chi connectivity index (χ4n) is 2.37. The van der Waals surface area contributed by atoms with Gasteiger partial charge in [0.05, 0.1) is 25.9 Å². The molecule has 0 saturated heterocycles. The molecule has 0 bridgehead atoms. The standard InChI is InChI=1S/C17H27NO3/c1-13(2)21-12-16(19)11-18(15-6-7-15)10-14-4-8-17(20-3)9-5-14/h4-5,8-9,13,15-16,19H,6-7,10-12H2,1-3H3. The van der Waals surface area contributed by atoms with Crippen LogP contribution in [-0.2, 0) is 11.3 Å². The predicted molar refractivity (Wildman–Crippen MR) is 83.5 cm³/mol. The SMILES string of the molecule is COc1ccc(CN(CC(O)COC(C)C)C2CC2)cc1. The van der Waals surface area contributed by atoms with E-state index in [-0.39, 0.29) is 6.10 Å². The van der Waals surface area contributed by atoms with Crippen LogP contribution in [0.4, 0.5) is 0 Å². The van der Waals surface area contributed by atoms with Crippen molar-refractivity contribution < 1.29 is 14.6 Å². The van der Waals surface area contributed by atoms with Crippen molar-refractivity contribution in [3.05, 3.63) is 29.8 Å². The summed E-state index contributed by atoms with van der Waals surface area (Å²) >= 11 is 0. The minimum absolute atomic E-state index is 0.163. The monoisotopic (exact) mass is 293 g/mol. The Morgan fingerprint density at radius 2 is 1.90 bits per heavy atom. The number of benzene rings is 1. The molecule has 1 unspecified atom stereocenters. The van der Waals surface area contributed by atoms with Crippen molar-refractivity contribution in [2.24, 2.45) is 0 Å². The van der Waals surface area contributed by atoms with Crippen molar-refractivity contribution in [2.75, 3.05) is 20.3 Å². The lowest BCUT2D eigenvalue weighted by Crippen LogP contribution is -2.36. The van der Waals surface area contributed by atoms with Gasteiger partial charge in [-0.15, -0.1) is 0 Å². The van der Waals surface area contributed by atoms with Gasteiger partial charge in [0, 0.05) is 19.1 Å². The van der Waals surface area contributed by atoms with Crippen molar-refractivity contribution in [1.82, 2.24) is 4.90 Å². The van der Waals surface area contributed by atoms with Crippen LogP contribution in [0, 0.1) is 0 Å². The Morgan fingerprint density at radius 1 is 1.24 bits per heavy atom. The van der Waals surface area contributed by atoms with Crippen molar-refractivity contribution in [3.8, 4) is 5.75 Å². The van der Waals surface area contributed by atoms with E-state index in [0.717, 1.165) is 12.3 Å². The van der Waals surface area contributed by atoms with E-state index in [0.29, 0.717) is 19.2 Å². The molecule has 1 aromatic rings. The molecule has 0 spiro atoms. The Morgan fingerprint density at radius 3 is 2.43 bits per heavy atom. The molecule has 2 rings (SSSR count). The van der Waals surface area contributed by atoms with Crippen LogP contribution in [0.2, 0.25) is 0 Å². The van der Waals surface area contributed by atoms with Gasteiger partial charge in [-0.1, -0.05) is 12.1 Å². The van der Waals surface area contributed by atoms with Crippen molar-refractivity contribution >= 4 is 0 Å². The van der Waals surface area contributed by atoms with Crippen LogP contribution in [0.1, 0.15) is 32.3 Å². The average molecular weight is 293 g/mol. The molecule has 1 N–H and O–H groups in total. The van der Waals surface area contributed by atoms with Gasteiger partial charge in [0.1, 0.15) is 5.75 Å². The number of rotatable bonds is 9. The maximum Gasteiger partial charge on any atom is 0.118 e. The Balaban J connectivity index is 1.86. The van der Waals surface area contributed by atoms with E-state index < -0.39 is 6.10 Å². The third-order valence-corrected chi connectivity index (χ3v) is 3.68. The van der Waals surface area contributed by atoms with Crippen LogP contribution in [0.3, 0.4) is 0 Å². The fraction of sp³-hybridized carbons (Fsp3) is 0.647. The first kappa shape index (κ1) is 16.3. The highest BCUT2D eigenvalue weighted by molar-refractivity contribution is 5.27. The van der Waals surface area contributed by atoms with Gasteiger partial charge in [-0.3, -0.25) is 4.90 Å². The first-order valence-electron chi connectivity index (χ1n) is 7.75. The summed E-state index contributed by atoms with van der Waals surface area (Å²) in [5.41, 5.74) is 1.25. The normalized spacial score (nSPS) is 16.5. The van der Waals surface area contributed by atoms with Gasteiger partial charge >= 0.3 is 0 Å². The molecule has 0 aromatic heterocycles. The predicted octanol–water partition coefficient (Wildman–Crippen LogP) is 2.45. The number of ether oxygens (including phenoxy) is 2. The lowest BCUT2D eigenvalue weighted by molar-refractivity contribution is -0.0107. The van der Waals surface area contributed by atoms with Gasteiger partial charge in [-0.2, -0.15) is 0 Å². The molecule has 1 aliphatic carbocycles. The Labute approximate surface area is 127 Å². The van der Waals surface area contributed by atoms with Crippen LogP contribution in [0.25, 0.3) is 0 Å². The second-order valence-corrected chi connectivity index (χ2v) is 6.04. The number of aliphatic hydroxyl groups is 1. The summed E-state index contributed by atoms with van der Waals surface area (Å²) < 4.78 is 10.7. The Kier molecular flexibility index (Phi) is 6.03. The van der Waals surface area contributed by atoms with E-state index in [1.807, 2.05) is 26.0 Å². The van der Waals surface area contributed by atoms with Crippen LogP contribution in [0.15, 0.2) is 24.3 Å². The quantitative estimate of drug-likeness (QED) is 0.759. The van der Waals surface area contributed by atoms with Crippen molar-refractivity contribution in [3.63, 3.8) is 0 Å². The molecule has 1 fully saturated rings. The van der Waals surface area contributed by atoms with Gasteiger partial charge in [-0.05, 0) is 44.4 Å². The molecule has 0 radical (unpaired) electrons. The molecule has 1 atom stereocenters. The summed E-state index contributed by atoms with van der Waals surface area (Å²) in [6.45, 7) is 5.92. The molecule has 0 heterocycles. The summed E-state index contributed by atoms with van der Waals surface area (Å²) in [4.78, 5) is 2.36. The lowest BCUT2D eigenvalue weighted by Gasteiger charge is -2.25. The summed E-state index contributed by atoms with van der Waals surface area (Å²) in [7, 11) is 1.68. The molecular formula is C17H27NO3.